The second-order valence-electron chi connectivity index (χ2n) is 11.6. The van der Waals surface area contributed by atoms with E-state index in [0.29, 0.717) is 37.6 Å². The molecule has 2 fully saturated rings. The van der Waals surface area contributed by atoms with Crippen molar-refractivity contribution in [3.63, 3.8) is 0 Å². The van der Waals surface area contributed by atoms with E-state index in [4.69, 9.17) is 0 Å². The fourth-order valence-corrected chi connectivity index (χ4v) is 7.06. The number of anilines is 2. The van der Waals surface area contributed by atoms with E-state index in [9.17, 15) is 18.3 Å². The van der Waals surface area contributed by atoms with E-state index in [1.165, 1.54) is 38.5 Å². The first-order chi connectivity index (χ1) is 20.9. The summed E-state index contributed by atoms with van der Waals surface area (Å²) < 4.78 is 28.7. The summed E-state index contributed by atoms with van der Waals surface area (Å²) in [6.07, 6.45) is 12.4. The SMILES string of the molecule is O=C1N(CCCC2CCCCC2)CCN1c1ccc(S(=O)(=O)Nc2ccc(CCNC[C@H](O)c3cccnc3)cc2)cc1. The molecule has 0 spiro atoms. The molecular weight excluding hydrogens is 562 g/mol. The number of carbonyl (C=O) groups is 1. The number of hydrogen-bond donors (Lipinski definition) is 3. The van der Waals surface area contributed by atoms with Gasteiger partial charge in [-0.05, 0) is 79.8 Å². The molecule has 1 aliphatic heterocycles. The van der Waals surface area contributed by atoms with Gasteiger partial charge in [-0.1, -0.05) is 50.3 Å². The molecule has 5 rings (SSSR count). The average molecular weight is 606 g/mol. The quantitative estimate of drug-likeness (QED) is 0.214. The Kier molecular flexibility index (Phi) is 10.7. The summed E-state index contributed by atoms with van der Waals surface area (Å²) in [5, 5.41) is 13.5. The number of nitrogens with zero attached hydrogens (tertiary/aromatic N) is 3. The van der Waals surface area contributed by atoms with Crippen molar-refractivity contribution in [2.24, 2.45) is 5.92 Å². The van der Waals surface area contributed by atoms with E-state index in [1.54, 1.807) is 59.8 Å². The van der Waals surface area contributed by atoms with E-state index in [2.05, 4.69) is 15.0 Å². The van der Waals surface area contributed by atoms with E-state index < -0.39 is 16.1 Å². The van der Waals surface area contributed by atoms with Gasteiger partial charge in [0.15, 0.2) is 0 Å². The molecular formula is C33H43N5O4S. The fourth-order valence-electron chi connectivity index (χ4n) is 6.00. The van der Waals surface area contributed by atoms with Crippen LogP contribution in [0.5, 0.6) is 0 Å². The Hall–Kier alpha value is -3.47. The summed E-state index contributed by atoms with van der Waals surface area (Å²) in [5.74, 6) is 0.815. The summed E-state index contributed by atoms with van der Waals surface area (Å²) in [7, 11) is -3.78. The summed E-state index contributed by atoms with van der Waals surface area (Å²) in [4.78, 5) is 20.8. The lowest BCUT2D eigenvalue weighted by molar-refractivity contribution is 0.174. The van der Waals surface area contributed by atoms with Crippen molar-refractivity contribution >= 4 is 27.4 Å². The summed E-state index contributed by atoms with van der Waals surface area (Å²) in [6, 6.07) is 17.4. The van der Waals surface area contributed by atoms with Crippen LogP contribution in [0.4, 0.5) is 16.2 Å². The minimum absolute atomic E-state index is 0.00246. The third-order valence-electron chi connectivity index (χ3n) is 8.52. The molecule has 43 heavy (non-hydrogen) atoms. The van der Waals surface area contributed by atoms with Crippen LogP contribution in [0.15, 0.2) is 78.0 Å². The van der Waals surface area contributed by atoms with Gasteiger partial charge in [0.1, 0.15) is 0 Å². The monoisotopic (exact) mass is 605 g/mol. The fraction of sp³-hybridized carbons (Fsp3) is 0.455. The highest BCUT2D eigenvalue weighted by Crippen LogP contribution is 2.28. The topological polar surface area (TPSA) is 115 Å². The van der Waals surface area contributed by atoms with Crippen molar-refractivity contribution in [2.75, 3.05) is 42.3 Å². The van der Waals surface area contributed by atoms with Crippen LogP contribution < -0.4 is 14.9 Å². The molecule has 10 heteroatoms. The van der Waals surface area contributed by atoms with E-state index in [0.717, 1.165) is 36.4 Å². The molecule has 2 amide bonds. The zero-order valence-electron chi connectivity index (χ0n) is 24.7. The van der Waals surface area contributed by atoms with Crippen molar-refractivity contribution in [3.8, 4) is 0 Å². The van der Waals surface area contributed by atoms with Crippen molar-refractivity contribution in [1.82, 2.24) is 15.2 Å². The second kappa shape index (κ2) is 14.8. The van der Waals surface area contributed by atoms with Crippen molar-refractivity contribution in [3.05, 3.63) is 84.2 Å². The minimum Gasteiger partial charge on any atom is -0.387 e. The molecule has 2 aliphatic rings. The third-order valence-corrected chi connectivity index (χ3v) is 9.92. The number of pyridine rings is 1. The van der Waals surface area contributed by atoms with Gasteiger partial charge in [-0.15, -0.1) is 0 Å². The number of aliphatic hydroxyl groups excluding tert-OH is 1. The lowest BCUT2D eigenvalue weighted by Gasteiger charge is -2.23. The lowest BCUT2D eigenvalue weighted by atomic mass is 9.86. The molecule has 1 aliphatic carbocycles. The number of aromatic nitrogens is 1. The van der Waals surface area contributed by atoms with Crippen molar-refractivity contribution in [1.29, 1.82) is 0 Å². The number of benzene rings is 2. The highest BCUT2D eigenvalue weighted by atomic mass is 32.2. The highest BCUT2D eigenvalue weighted by Gasteiger charge is 2.29. The third kappa shape index (κ3) is 8.55. The molecule has 0 bridgehead atoms. The lowest BCUT2D eigenvalue weighted by Crippen LogP contribution is -2.32. The van der Waals surface area contributed by atoms with Crippen LogP contribution >= 0.6 is 0 Å². The van der Waals surface area contributed by atoms with Gasteiger partial charge in [-0.2, -0.15) is 0 Å². The number of urea groups is 1. The average Bonchev–Trinajstić information content (AvgIpc) is 3.40. The van der Waals surface area contributed by atoms with Gasteiger partial charge >= 0.3 is 6.03 Å². The second-order valence-corrected chi connectivity index (χ2v) is 13.3. The number of nitrogens with one attached hydrogen (secondary N) is 2. The molecule has 9 nitrogen and oxygen atoms in total. The zero-order valence-corrected chi connectivity index (χ0v) is 25.5. The number of aliphatic hydroxyl groups is 1. The van der Waals surface area contributed by atoms with Crippen molar-refractivity contribution in [2.45, 2.75) is 62.4 Å². The number of hydrogen-bond acceptors (Lipinski definition) is 6. The van der Waals surface area contributed by atoms with Crippen LogP contribution in [0.3, 0.4) is 0 Å². The number of rotatable bonds is 14. The van der Waals surface area contributed by atoms with Crippen LogP contribution in [-0.4, -0.2) is 62.2 Å². The summed E-state index contributed by atoms with van der Waals surface area (Å²) in [6.45, 7) is 3.19. The minimum atomic E-state index is -3.78. The predicted molar refractivity (Wildman–Crippen MR) is 170 cm³/mol. The Morgan fingerprint density at radius 1 is 0.977 bits per heavy atom. The van der Waals surface area contributed by atoms with Gasteiger partial charge in [0, 0.05) is 55.5 Å². The van der Waals surface area contributed by atoms with Crippen LogP contribution in [-0.2, 0) is 16.4 Å². The normalized spacial score (nSPS) is 16.9. The highest BCUT2D eigenvalue weighted by molar-refractivity contribution is 7.92. The Labute approximate surface area is 255 Å². The van der Waals surface area contributed by atoms with Crippen LogP contribution in [0.1, 0.15) is 62.2 Å². The Morgan fingerprint density at radius 2 is 1.74 bits per heavy atom. The molecule has 1 saturated heterocycles. The molecule has 2 aromatic carbocycles. The maximum atomic E-state index is 13.0. The number of sulfonamides is 1. The first-order valence-corrected chi connectivity index (χ1v) is 16.9. The van der Waals surface area contributed by atoms with Gasteiger partial charge in [0.2, 0.25) is 0 Å². The molecule has 1 saturated carbocycles. The zero-order chi connectivity index (χ0) is 30.1. The predicted octanol–water partition coefficient (Wildman–Crippen LogP) is 5.35. The summed E-state index contributed by atoms with van der Waals surface area (Å²) in [5.41, 5.74) is 3.01. The van der Waals surface area contributed by atoms with Crippen LogP contribution in [0.2, 0.25) is 0 Å². The first kappa shape index (κ1) is 31.0. The molecule has 0 radical (unpaired) electrons. The molecule has 2 heterocycles. The summed E-state index contributed by atoms with van der Waals surface area (Å²) >= 11 is 0. The van der Waals surface area contributed by atoms with Gasteiger partial charge < -0.3 is 15.3 Å². The van der Waals surface area contributed by atoms with Gasteiger partial charge in [-0.3, -0.25) is 14.6 Å². The van der Waals surface area contributed by atoms with Gasteiger partial charge in [0.25, 0.3) is 10.0 Å². The Bertz CT molecular complexity index is 1410. The largest absolute Gasteiger partial charge is 0.387 e. The van der Waals surface area contributed by atoms with E-state index >= 15 is 0 Å². The Balaban J connectivity index is 1.07. The number of carbonyl (C=O) groups excluding carboxylic acids is 1. The van der Waals surface area contributed by atoms with Gasteiger partial charge in [0.05, 0.1) is 11.0 Å². The molecule has 0 unspecified atom stereocenters. The maximum absolute atomic E-state index is 13.0. The molecule has 3 aromatic rings. The molecule has 1 aromatic heterocycles. The molecule has 3 N–H and O–H groups in total. The van der Waals surface area contributed by atoms with E-state index in [-0.39, 0.29) is 10.9 Å². The Morgan fingerprint density at radius 3 is 2.47 bits per heavy atom. The molecule has 1 atom stereocenters. The maximum Gasteiger partial charge on any atom is 0.324 e. The standard InChI is InChI=1S/C33H43N5O4S/c39-32(28-9-4-19-34-24-28)25-35-20-18-27-10-12-29(13-11-27)36-43(41,42)31-16-14-30(15-17-31)38-23-22-37(33(38)40)21-5-8-26-6-2-1-3-7-26/h4,9-17,19,24,26,32,35-36,39H,1-3,5-8,18,20-23,25H2/t32-/m0/s1. The van der Waals surface area contributed by atoms with Gasteiger partial charge in [-0.25, -0.2) is 13.2 Å². The van der Waals surface area contributed by atoms with E-state index in [1.807, 2.05) is 23.1 Å². The number of amides is 2. The first-order valence-electron chi connectivity index (χ1n) is 15.5. The smallest absolute Gasteiger partial charge is 0.324 e. The van der Waals surface area contributed by atoms with Crippen LogP contribution in [0, 0.1) is 5.92 Å². The molecule has 230 valence electrons. The van der Waals surface area contributed by atoms with Crippen LogP contribution in [0.25, 0.3) is 0 Å². The van der Waals surface area contributed by atoms with Crippen molar-refractivity contribution < 1.29 is 18.3 Å².